The molecule has 2 rings (SSSR count). The van der Waals surface area contributed by atoms with Crippen LogP contribution in [0.5, 0.6) is 0 Å². The fraction of sp³-hybridized carbons (Fsp3) is 0.429. The summed E-state index contributed by atoms with van der Waals surface area (Å²) in [5.41, 5.74) is 0.456. The highest BCUT2D eigenvalue weighted by Crippen LogP contribution is 2.26. The number of methoxy groups -OCH3 is 1. The summed E-state index contributed by atoms with van der Waals surface area (Å²) in [5.74, 6) is -0.826. The average Bonchev–Trinajstić information content (AvgIpc) is 2.95. The summed E-state index contributed by atoms with van der Waals surface area (Å²) in [6.07, 6.45) is 1.26. The van der Waals surface area contributed by atoms with Gasteiger partial charge in [0.05, 0.1) is 12.0 Å². The van der Waals surface area contributed by atoms with Crippen molar-refractivity contribution in [2.45, 2.75) is 25.8 Å². The van der Waals surface area contributed by atoms with Crippen molar-refractivity contribution >= 4 is 17.6 Å². The molecule has 0 aliphatic carbocycles. The molecule has 0 bridgehead atoms. The van der Waals surface area contributed by atoms with Gasteiger partial charge in [0.2, 0.25) is 0 Å². The first kappa shape index (κ1) is 15.0. The van der Waals surface area contributed by atoms with Crippen LogP contribution in [0.1, 0.15) is 28.8 Å². The van der Waals surface area contributed by atoms with E-state index in [2.05, 4.69) is 0 Å². The molecule has 0 aromatic heterocycles. The van der Waals surface area contributed by atoms with E-state index in [9.17, 15) is 19.7 Å². The van der Waals surface area contributed by atoms with Crippen molar-refractivity contribution in [3.8, 4) is 0 Å². The first-order valence-corrected chi connectivity index (χ1v) is 6.60. The van der Waals surface area contributed by atoms with Crippen LogP contribution in [0.4, 0.5) is 5.69 Å². The number of carbonyl (C=O) groups excluding carboxylic acids is 2. The van der Waals surface area contributed by atoms with Crippen LogP contribution in [0, 0.1) is 17.0 Å². The molecule has 1 aromatic rings. The lowest BCUT2D eigenvalue weighted by Crippen LogP contribution is -2.41. The van der Waals surface area contributed by atoms with E-state index in [-0.39, 0.29) is 17.2 Å². The zero-order valence-electron chi connectivity index (χ0n) is 11.9. The summed E-state index contributed by atoms with van der Waals surface area (Å²) in [5, 5.41) is 10.9. The molecular weight excluding hydrogens is 276 g/mol. The second-order valence-electron chi connectivity index (χ2n) is 4.89. The molecule has 112 valence electrons. The van der Waals surface area contributed by atoms with Gasteiger partial charge in [-0.15, -0.1) is 0 Å². The van der Waals surface area contributed by atoms with Crippen molar-refractivity contribution in [1.82, 2.24) is 4.90 Å². The maximum atomic E-state index is 12.6. The number of likely N-dealkylation sites (tertiary alicyclic amines) is 1. The number of nitro benzene ring substituents is 1. The summed E-state index contributed by atoms with van der Waals surface area (Å²) in [6.45, 7) is 1.98. The van der Waals surface area contributed by atoms with E-state index in [4.69, 9.17) is 4.74 Å². The minimum atomic E-state index is -0.610. The number of amides is 1. The molecule has 1 aliphatic rings. The SMILES string of the molecule is COC(=O)C1CCCN1C(=O)c1cccc([N+](=O)[O-])c1C. The average molecular weight is 292 g/mol. The molecule has 1 heterocycles. The minimum Gasteiger partial charge on any atom is -0.467 e. The molecular formula is C14H16N2O5. The molecule has 21 heavy (non-hydrogen) atoms. The van der Waals surface area contributed by atoms with E-state index < -0.39 is 16.9 Å². The lowest BCUT2D eigenvalue weighted by Gasteiger charge is -2.23. The van der Waals surface area contributed by atoms with E-state index in [1.54, 1.807) is 0 Å². The highest BCUT2D eigenvalue weighted by atomic mass is 16.6. The number of rotatable bonds is 3. The molecule has 1 saturated heterocycles. The van der Waals surface area contributed by atoms with Crippen LogP contribution >= 0.6 is 0 Å². The Balaban J connectivity index is 2.34. The van der Waals surface area contributed by atoms with Crippen LogP contribution in [0.25, 0.3) is 0 Å². The van der Waals surface area contributed by atoms with Gasteiger partial charge in [0, 0.05) is 23.7 Å². The van der Waals surface area contributed by atoms with Crippen molar-refractivity contribution in [3.05, 3.63) is 39.4 Å². The van der Waals surface area contributed by atoms with Crippen molar-refractivity contribution in [2.24, 2.45) is 0 Å². The van der Waals surface area contributed by atoms with Gasteiger partial charge in [0.25, 0.3) is 11.6 Å². The van der Waals surface area contributed by atoms with Crippen molar-refractivity contribution in [3.63, 3.8) is 0 Å². The summed E-state index contributed by atoms with van der Waals surface area (Å²) < 4.78 is 4.70. The Bertz CT molecular complexity index is 599. The molecule has 1 unspecified atom stereocenters. The van der Waals surface area contributed by atoms with Crippen LogP contribution in [0.2, 0.25) is 0 Å². The molecule has 1 amide bonds. The molecule has 0 radical (unpaired) electrons. The summed E-state index contributed by atoms with van der Waals surface area (Å²) in [6, 6.07) is 3.76. The number of hydrogen-bond donors (Lipinski definition) is 0. The fourth-order valence-electron chi connectivity index (χ4n) is 2.60. The molecule has 1 atom stereocenters. The summed E-state index contributed by atoms with van der Waals surface area (Å²) >= 11 is 0. The lowest BCUT2D eigenvalue weighted by molar-refractivity contribution is -0.385. The van der Waals surface area contributed by atoms with Crippen molar-refractivity contribution in [1.29, 1.82) is 0 Å². The van der Waals surface area contributed by atoms with E-state index in [0.29, 0.717) is 24.9 Å². The van der Waals surface area contributed by atoms with Gasteiger partial charge in [-0.3, -0.25) is 14.9 Å². The Morgan fingerprint density at radius 2 is 2.14 bits per heavy atom. The van der Waals surface area contributed by atoms with E-state index in [0.717, 1.165) is 0 Å². The van der Waals surface area contributed by atoms with Gasteiger partial charge in [-0.2, -0.15) is 0 Å². The largest absolute Gasteiger partial charge is 0.467 e. The van der Waals surface area contributed by atoms with Gasteiger partial charge in [-0.05, 0) is 25.8 Å². The molecule has 7 heteroatoms. The van der Waals surface area contributed by atoms with Gasteiger partial charge < -0.3 is 9.64 Å². The Labute approximate surface area is 121 Å². The number of ether oxygens (including phenoxy) is 1. The Morgan fingerprint density at radius 1 is 1.43 bits per heavy atom. The second-order valence-corrected chi connectivity index (χ2v) is 4.89. The van der Waals surface area contributed by atoms with Crippen LogP contribution in [-0.2, 0) is 9.53 Å². The third-order valence-corrected chi connectivity index (χ3v) is 3.72. The van der Waals surface area contributed by atoms with Gasteiger partial charge in [-0.1, -0.05) is 6.07 Å². The molecule has 0 N–H and O–H groups in total. The highest BCUT2D eigenvalue weighted by Gasteiger charge is 2.36. The minimum absolute atomic E-state index is 0.102. The predicted octanol–water partition coefficient (Wildman–Crippen LogP) is 1.68. The number of nitrogens with zero attached hydrogens (tertiary/aromatic N) is 2. The fourth-order valence-corrected chi connectivity index (χ4v) is 2.60. The third-order valence-electron chi connectivity index (χ3n) is 3.72. The topological polar surface area (TPSA) is 89.8 Å². The number of benzene rings is 1. The molecule has 0 saturated carbocycles. The van der Waals surface area contributed by atoms with Crippen LogP contribution < -0.4 is 0 Å². The van der Waals surface area contributed by atoms with E-state index >= 15 is 0 Å². The van der Waals surface area contributed by atoms with Gasteiger partial charge in [0.15, 0.2) is 0 Å². The first-order chi connectivity index (χ1) is 9.97. The van der Waals surface area contributed by atoms with E-state index in [1.807, 2.05) is 0 Å². The number of esters is 1. The summed E-state index contributed by atoms with van der Waals surface area (Å²) in [7, 11) is 1.28. The number of nitro groups is 1. The molecule has 1 aromatic carbocycles. The Morgan fingerprint density at radius 3 is 2.76 bits per heavy atom. The highest BCUT2D eigenvalue weighted by molar-refractivity contribution is 5.99. The smallest absolute Gasteiger partial charge is 0.328 e. The van der Waals surface area contributed by atoms with Crippen LogP contribution in [0.3, 0.4) is 0 Å². The van der Waals surface area contributed by atoms with Gasteiger partial charge in [-0.25, -0.2) is 4.79 Å². The van der Waals surface area contributed by atoms with E-state index in [1.165, 1.54) is 37.1 Å². The predicted molar refractivity (Wildman–Crippen MR) is 73.9 cm³/mol. The van der Waals surface area contributed by atoms with Crippen LogP contribution in [-0.4, -0.2) is 41.4 Å². The van der Waals surface area contributed by atoms with Crippen LogP contribution in [0.15, 0.2) is 18.2 Å². The van der Waals surface area contributed by atoms with Crippen molar-refractivity contribution in [2.75, 3.05) is 13.7 Å². The van der Waals surface area contributed by atoms with Gasteiger partial charge in [0.1, 0.15) is 6.04 Å². The molecule has 1 aliphatic heterocycles. The maximum Gasteiger partial charge on any atom is 0.328 e. The third kappa shape index (κ3) is 2.72. The Kier molecular flexibility index (Phi) is 4.21. The van der Waals surface area contributed by atoms with Gasteiger partial charge >= 0.3 is 5.97 Å². The maximum absolute atomic E-state index is 12.6. The number of hydrogen-bond acceptors (Lipinski definition) is 5. The summed E-state index contributed by atoms with van der Waals surface area (Å²) in [4.78, 5) is 36.1. The monoisotopic (exact) mass is 292 g/mol. The second kappa shape index (κ2) is 5.90. The quantitative estimate of drug-likeness (QED) is 0.480. The lowest BCUT2D eigenvalue weighted by atomic mass is 10.1. The molecule has 0 spiro atoms. The normalized spacial score (nSPS) is 17.6. The molecule has 7 nitrogen and oxygen atoms in total. The first-order valence-electron chi connectivity index (χ1n) is 6.60. The van der Waals surface area contributed by atoms with Crippen molar-refractivity contribution < 1.29 is 19.2 Å². The zero-order valence-corrected chi connectivity index (χ0v) is 11.9. The molecule has 1 fully saturated rings. The number of carbonyl (C=O) groups is 2. The zero-order chi connectivity index (χ0) is 15.6. The Hall–Kier alpha value is -2.44. The standard InChI is InChI=1S/C14H16N2O5/c1-9-10(5-3-6-11(9)16(19)20)13(17)15-8-4-7-12(15)14(18)21-2/h3,5-6,12H,4,7-8H2,1-2H3.